The molecule has 2 N–H and O–H groups in total. The molecule has 2 saturated heterocycles. The van der Waals surface area contributed by atoms with Gasteiger partial charge in [0.15, 0.2) is 0 Å². The Hall–Kier alpha value is -0.0300. The normalized spacial score (nSPS) is 31.8. The van der Waals surface area contributed by atoms with Crippen LogP contribution in [0.3, 0.4) is 0 Å². The maximum atomic E-state index is 11.9. The number of carbonyl (C=O) groups is 1. The lowest BCUT2D eigenvalue weighted by Gasteiger charge is -2.47. The minimum atomic E-state index is 0. The van der Waals surface area contributed by atoms with E-state index < -0.39 is 0 Å². The molecule has 3 fully saturated rings. The van der Waals surface area contributed by atoms with Crippen LogP contribution in [0.15, 0.2) is 0 Å². The Kier molecular flexibility index (Phi) is 7.75. The summed E-state index contributed by atoms with van der Waals surface area (Å²) in [5.41, 5.74) is 0. The van der Waals surface area contributed by atoms with Crippen molar-refractivity contribution in [2.75, 3.05) is 20.1 Å². The minimum Gasteiger partial charge on any atom is -0.352 e. The molecule has 2 bridgehead atoms. The fourth-order valence-corrected chi connectivity index (χ4v) is 3.72. The fraction of sp³-hybridized carbons (Fsp3) is 0.933. The second kappa shape index (κ2) is 8.56. The van der Waals surface area contributed by atoms with Crippen LogP contribution < -0.4 is 10.6 Å². The first-order valence-corrected chi connectivity index (χ1v) is 7.94. The minimum absolute atomic E-state index is 0. The Morgan fingerprint density at radius 2 is 1.71 bits per heavy atom. The lowest BCUT2D eigenvalue weighted by atomic mass is 9.82. The zero-order valence-electron chi connectivity index (χ0n) is 12.8. The molecular formula is C15H29Cl2N3O. The quantitative estimate of drug-likeness (QED) is 0.806. The number of hydrogen-bond acceptors (Lipinski definition) is 3. The summed E-state index contributed by atoms with van der Waals surface area (Å²) in [5.74, 6) is 1.03. The molecule has 21 heavy (non-hydrogen) atoms. The van der Waals surface area contributed by atoms with Gasteiger partial charge in [-0.3, -0.25) is 4.79 Å². The van der Waals surface area contributed by atoms with Gasteiger partial charge in [-0.1, -0.05) is 6.42 Å². The number of carbonyl (C=O) groups excluding carboxylic acids is 1. The van der Waals surface area contributed by atoms with Crippen LogP contribution in [-0.2, 0) is 4.79 Å². The number of halogens is 2. The molecule has 6 heteroatoms. The van der Waals surface area contributed by atoms with Crippen LogP contribution in [0.25, 0.3) is 0 Å². The van der Waals surface area contributed by atoms with Gasteiger partial charge in [-0.05, 0) is 58.0 Å². The first-order valence-electron chi connectivity index (χ1n) is 7.94. The third-order valence-electron chi connectivity index (χ3n) is 5.12. The molecule has 2 aliphatic heterocycles. The predicted molar refractivity (Wildman–Crippen MR) is 90.4 cm³/mol. The monoisotopic (exact) mass is 337 g/mol. The highest BCUT2D eigenvalue weighted by Gasteiger charge is 2.36. The van der Waals surface area contributed by atoms with Crippen molar-refractivity contribution >= 4 is 30.7 Å². The van der Waals surface area contributed by atoms with Gasteiger partial charge in [0.25, 0.3) is 0 Å². The molecule has 4 nitrogen and oxygen atoms in total. The van der Waals surface area contributed by atoms with Crippen LogP contribution in [-0.4, -0.2) is 49.1 Å². The standard InChI is InChI=1S/C15H27N3O.2ClH/c1-18-13-3-2-4-14(18)8-12(7-13)17-15(19)10-16-9-11-5-6-11;;/h11-14,16H,2-10H2,1H3,(H,17,19);2*1H. The molecule has 0 aromatic rings. The van der Waals surface area contributed by atoms with E-state index in [0.717, 1.165) is 25.3 Å². The van der Waals surface area contributed by atoms with E-state index in [1.165, 1.54) is 32.1 Å². The van der Waals surface area contributed by atoms with Gasteiger partial charge >= 0.3 is 0 Å². The Bertz CT molecular complexity index is 325. The van der Waals surface area contributed by atoms with Crippen molar-refractivity contribution in [2.24, 2.45) is 5.92 Å². The Morgan fingerprint density at radius 1 is 1.10 bits per heavy atom. The molecule has 3 aliphatic rings. The molecule has 124 valence electrons. The third kappa shape index (κ3) is 5.27. The number of amides is 1. The average molecular weight is 338 g/mol. The summed E-state index contributed by atoms with van der Waals surface area (Å²) in [6, 6.07) is 1.79. The lowest BCUT2D eigenvalue weighted by molar-refractivity contribution is -0.121. The zero-order valence-corrected chi connectivity index (χ0v) is 14.5. The van der Waals surface area contributed by atoms with E-state index in [1.54, 1.807) is 0 Å². The van der Waals surface area contributed by atoms with Gasteiger partial charge in [0, 0.05) is 18.1 Å². The number of piperidine rings is 2. The van der Waals surface area contributed by atoms with Crippen LogP contribution in [0.2, 0.25) is 0 Å². The van der Waals surface area contributed by atoms with Gasteiger partial charge in [0.2, 0.25) is 5.91 Å². The first kappa shape index (κ1) is 19.0. The SMILES string of the molecule is CN1C2CCCC1CC(NC(=O)CNCC1CC1)C2.Cl.Cl. The van der Waals surface area contributed by atoms with Crippen LogP contribution in [0.5, 0.6) is 0 Å². The first-order chi connectivity index (χ1) is 9.22. The van der Waals surface area contributed by atoms with E-state index in [2.05, 4.69) is 22.6 Å². The molecule has 0 aromatic carbocycles. The van der Waals surface area contributed by atoms with E-state index in [1.807, 2.05) is 0 Å². The number of nitrogens with one attached hydrogen (secondary N) is 2. The molecule has 0 aromatic heterocycles. The maximum Gasteiger partial charge on any atom is 0.234 e. The molecule has 2 heterocycles. The van der Waals surface area contributed by atoms with Gasteiger partial charge in [-0.15, -0.1) is 24.8 Å². The highest BCUT2D eigenvalue weighted by Crippen LogP contribution is 2.32. The molecule has 1 amide bonds. The van der Waals surface area contributed by atoms with E-state index in [9.17, 15) is 4.79 Å². The van der Waals surface area contributed by atoms with Crippen molar-refractivity contribution < 1.29 is 4.79 Å². The number of rotatable bonds is 5. The average Bonchev–Trinajstić information content (AvgIpc) is 3.14. The predicted octanol–water partition coefficient (Wildman–Crippen LogP) is 1.96. The van der Waals surface area contributed by atoms with Crippen molar-refractivity contribution in [1.29, 1.82) is 0 Å². The zero-order chi connectivity index (χ0) is 13.2. The second-order valence-corrected chi connectivity index (χ2v) is 6.71. The molecule has 2 unspecified atom stereocenters. The molecular weight excluding hydrogens is 309 g/mol. The summed E-state index contributed by atoms with van der Waals surface area (Å²) in [5, 5.41) is 6.51. The van der Waals surface area contributed by atoms with Crippen molar-refractivity contribution in [3.8, 4) is 0 Å². The number of hydrogen-bond donors (Lipinski definition) is 2. The van der Waals surface area contributed by atoms with E-state index >= 15 is 0 Å². The highest BCUT2D eigenvalue weighted by molar-refractivity contribution is 5.85. The highest BCUT2D eigenvalue weighted by atomic mass is 35.5. The van der Waals surface area contributed by atoms with Crippen molar-refractivity contribution in [2.45, 2.75) is 63.1 Å². The van der Waals surface area contributed by atoms with Gasteiger partial charge < -0.3 is 15.5 Å². The third-order valence-corrected chi connectivity index (χ3v) is 5.12. The summed E-state index contributed by atoms with van der Waals surface area (Å²) in [7, 11) is 2.25. The lowest BCUT2D eigenvalue weighted by Crippen LogP contribution is -2.56. The summed E-state index contributed by atoms with van der Waals surface area (Å²) in [4.78, 5) is 14.5. The van der Waals surface area contributed by atoms with E-state index in [-0.39, 0.29) is 30.7 Å². The fourth-order valence-electron chi connectivity index (χ4n) is 3.72. The summed E-state index contributed by atoms with van der Waals surface area (Å²) in [6.07, 6.45) is 8.94. The number of nitrogens with zero attached hydrogens (tertiary/aromatic N) is 1. The van der Waals surface area contributed by atoms with Gasteiger partial charge in [-0.25, -0.2) is 0 Å². The van der Waals surface area contributed by atoms with Gasteiger partial charge in [0.1, 0.15) is 0 Å². The van der Waals surface area contributed by atoms with Crippen LogP contribution in [0.1, 0.15) is 44.9 Å². The maximum absolute atomic E-state index is 11.9. The molecule has 1 aliphatic carbocycles. The van der Waals surface area contributed by atoms with Crippen LogP contribution >= 0.6 is 24.8 Å². The molecule has 3 rings (SSSR count). The van der Waals surface area contributed by atoms with Crippen molar-refractivity contribution in [3.63, 3.8) is 0 Å². The second-order valence-electron chi connectivity index (χ2n) is 6.71. The van der Waals surface area contributed by atoms with Gasteiger partial charge in [0.05, 0.1) is 6.54 Å². The van der Waals surface area contributed by atoms with Crippen LogP contribution in [0, 0.1) is 5.92 Å². The Labute approximate surface area is 140 Å². The summed E-state index contributed by atoms with van der Waals surface area (Å²) in [6.45, 7) is 1.52. The largest absolute Gasteiger partial charge is 0.352 e. The topological polar surface area (TPSA) is 44.4 Å². The smallest absolute Gasteiger partial charge is 0.234 e. The summed E-state index contributed by atoms with van der Waals surface area (Å²) >= 11 is 0. The Morgan fingerprint density at radius 3 is 2.29 bits per heavy atom. The van der Waals surface area contributed by atoms with Gasteiger partial charge in [-0.2, -0.15) is 0 Å². The molecule has 0 radical (unpaired) electrons. The molecule has 2 atom stereocenters. The van der Waals surface area contributed by atoms with E-state index in [0.29, 0.717) is 24.7 Å². The number of fused-ring (bicyclic) bond motifs is 2. The molecule has 0 spiro atoms. The van der Waals surface area contributed by atoms with E-state index in [4.69, 9.17) is 0 Å². The molecule has 1 saturated carbocycles. The van der Waals surface area contributed by atoms with Crippen molar-refractivity contribution in [3.05, 3.63) is 0 Å². The Balaban J connectivity index is 0.00000110. The van der Waals surface area contributed by atoms with Crippen molar-refractivity contribution in [1.82, 2.24) is 15.5 Å². The summed E-state index contributed by atoms with van der Waals surface area (Å²) < 4.78 is 0. The van der Waals surface area contributed by atoms with Crippen LogP contribution in [0.4, 0.5) is 0 Å².